The third-order valence-electron chi connectivity index (χ3n) is 12.8. The first-order chi connectivity index (χ1) is 30.6. The highest BCUT2D eigenvalue weighted by Crippen LogP contribution is 2.17. The molecule has 1 unspecified atom stereocenters. The smallest absolute Gasteiger partial charge is 0.306 e. The summed E-state index contributed by atoms with van der Waals surface area (Å²) in [7, 11) is 0. The molecule has 0 heterocycles. The van der Waals surface area contributed by atoms with Gasteiger partial charge < -0.3 is 14.2 Å². The van der Waals surface area contributed by atoms with E-state index in [0.29, 0.717) is 26.1 Å². The van der Waals surface area contributed by atoms with Gasteiger partial charge in [-0.05, 0) is 44.9 Å². The van der Waals surface area contributed by atoms with Gasteiger partial charge >= 0.3 is 11.9 Å². The molecule has 0 amide bonds. The minimum atomic E-state index is -0.528. The third-order valence-corrected chi connectivity index (χ3v) is 12.8. The molecule has 0 bridgehead atoms. The van der Waals surface area contributed by atoms with Gasteiger partial charge in [-0.1, -0.05) is 270 Å². The number of allylic oxidation sites excluding steroid dienone is 2. The molecule has 0 saturated carbocycles. The van der Waals surface area contributed by atoms with Crippen LogP contribution in [0.2, 0.25) is 0 Å². The van der Waals surface area contributed by atoms with Crippen molar-refractivity contribution in [3.05, 3.63) is 12.2 Å². The lowest BCUT2D eigenvalue weighted by Gasteiger charge is -2.18. The summed E-state index contributed by atoms with van der Waals surface area (Å²) in [5.41, 5.74) is 0. The van der Waals surface area contributed by atoms with Gasteiger partial charge in [0, 0.05) is 19.4 Å². The highest BCUT2D eigenvalue weighted by atomic mass is 16.6. The number of carbonyl (C=O) groups excluding carboxylic acids is 2. The lowest BCUT2D eigenvalue weighted by molar-refractivity contribution is -0.163. The fourth-order valence-corrected chi connectivity index (χ4v) is 8.57. The summed E-state index contributed by atoms with van der Waals surface area (Å²) in [6, 6.07) is 0. The molecule has 0 aliphatic carbocycles. The summed E-state index contributed by atoms with van der Waals surface area (Å²) in [5.74, 6) is -0.377. The second-order valence-corrected chi connectivity index (χ2v) is 19.2. The minimum absolute atomic E-state index is 0.0928. The van der Waals surface area contributed by atoms with Crippen molar-refractivity contribution < 1.29 is 23.8 Å². The first-order valence-corrected chi connectivity index (χ1v) is 28.2. The third kappa shape index (κ3) is 51.3. The van der Waals surface area contributed by atoms with Crippen LogP contribution in [0.4, 0.5) is 0 Å². The Bertz CT molecular complexity index is 902. The van der Waals surface area contributed by atoms with E-state index in [2.05, 4.69) is 32.9 Å². The van der Waals surface area contributed by atoms with Crippen molar-refractivity contribution in [2.75, 3.05) is 19.8 Å². The van der Waals surface area contributed by atoms with Crippen LogP contribution >= 0.6 is 0 Å². The summed E-state index contributed by atoms with van der Waals surface area (Å²) >= 11 is 0. The van der Waals surface area contributed by atoms with Gasteiger partial charge in [0.25, 0.3) is 0 Å². The van der Waals surface area contributed by atoms with Gasteiger partial charge in [0.2, 0.25) is 0 Å². The second-order valence-electron chi connectivity index (χ2n) is 19.2. The Balaban J connectivity index is 4.20. The Hall–Kier alpha value is -1.36. The van der Waals surface area contributed by atoms with E-state index in [1.54, 1.807) is 0 Å². The molecule has 5 nitrogen and oxygen atoms in total. The zero-order chi connectivity index (χ0) is 44.9. The zero-order valence-corrected chi connectivity index (χ0v) is 42.4. The molecule has 0 aliphatic rings. The number of carbonyl (C=O) groups is 2. The summed E-state index contributed by atoms with van der Waals surface area (Å²) in [5, 5.41) is 0. The number of unbranched alkanes of at least 4 members (excludes halogenated alkanes) is 40. The highest BCUT2D eigenvalue weighted by Gasteiger charge is 2.17. The maximum atomic E-state index is 12.8. The van der Waals surface area contributed by atoms with Crippen molar-refractivity contribution in [2.24, 2.45) is 0 Å². The Morgan fingerprint density at radius 3 is 0.984 bits per heavy atom. The number of rotatable bonds is 53. The first-order valence-electron chi connectivity index (χ1n) is 28.2. The van der Waals surface area contributed by atoms with Crippen LogP contribution in [-0.4, -0.2) is 37.9 Å². The molecule has 0 aromatic carbocycles. The topological polar surface area (TPSA) is 61.8 Å². The maximum Gasteiger partial charge on any atom is 0.306 e. The Labute approximate surface area is 388 Å². The van der Waals surface area contributed by atoms with E-state index in [4.69, 9.17) is 14.2 Å². The zero-order valence-electron chi connectivity index (χ0n) is 42.4. The van der Waals surface area contributed by atoms with Crippen LogP contribution < -0.4 is 0 Å². The molecule has 0 aromatic heterocycles. The number of ether oxygens (including phenoxy) is 3. The van der Waals surface area contributed by atoms with Crippen LogP contribution in [0.25, 0.3) is 0 Å². The molecule has 62 heavy (non-hydrogen) atoms. The normalized spacial score (nSPS) is 12.1. The van der Waals surface area contributed by atoms with Crippen LogP contribution in [0.5, 0.6) is 0 Å². The van der Waals surface area contributed by atoms with E-state index in [1.807, 2.05) is 0 Å². The van der Waals surface area contributed by atoms with Gasteiger partial charge in [-0.2, -0.15) is 0 Å². The van der Waals surface area contributed by atoms with Crippen LogP contribution in [0.1, 0.15) is 316 Å². The van der Waals surface area contributed by atoms with Gasteiger partial charge in [0.15, 0.2) is 6.10 Å². The molecule has 0 aliphatic heterocycles. The molecule has 5 heteroatoms. The minimum Gasteiger partial charge on any atom is -0.462 e. The van der Waals surface area contributed by atoms with Crippen LogP contribution in [0.15, 0.2) is 12.2 Å². The number of hydrogen-bond acceptors (Lipinski definition) is 5. The fraction of sp³-hybridized carbons (Fsp3) is 0.930. The average Bonchev–Trinajstić information content (AvgIpc) is 3.27. The molecular weight excluding hydrogens is 765 g/mol. The van der Waals surface area contributed by atoms with Crippen molar-refractivity contribution in [3.63, 3.8) is 0 Å². The van der Waals surface area contributed by atoms with Gasteiger partial charge in [0.05, 0.1) is 6.61 Å². The SMILES string of the molecule is CCCCCCCC/C=C\CCCCCCCCCC(=O)OCC(COCCCCCCCCCCCCCCCC)OC(=O)CCCCCCCCCCCCCCCCC. The molecule has 0 fully saturated rings. The molecular formula is C57H110O5. The Morgan fingerprint density at radius 2 is 0.629 bits per heavy atom. The Kier molecular flexibility index (Phi) is 52.8. The van der Waals surface area contributed by atoms with E-state index in [1.165, 1.54) is 250 Å². The van der Waals surface area contributed by atoms with E-state index < -0.39 is 6.10 Å². The lowest BCUT2D eigenvalue weighted by Crippen LogP contribution is -2.30. The Morgan fingerprint density at radius 1 is 0.339 bits per heavy atom. The monoisotopic (exact) mass is 875 g/mol. The van der Waals surface area contributed by atoms with Crippen molar-refractivity contribution in [3.8, 4) is 0 Å². The predicted octanol–water partition coefficient (Wildman–Crippen LogP) is 19.0. The first kappa shape index (κ1) is 60.6. The molecule has 0 radical (unpaired) electrons. The van der Waals surface area contributed by atoms with Crippen LogP contribution in [0, 0.1) is 0 Å². The molecule has 0 N–H and O–H groups in total. The molecule has 0 aromatic rings. The highest BCUT2D eigenvalue weighted by molar-refractivity contribution is 5.70. The average molecular weight is 876 g/mol. The van der Waals surface area contributed by atoms with Crippen LogP contribution in [-0.2, 0) is 23.8 Å². The largest absolute Gasteiger partial charge is 0.462 e. The molecule has 368 valence electrons. The molecule has 0 saturated heterocycles. The van der Waals surface area contributed by atoms with Crippen molar-refractivity contribution >= 4 is 11.9 Å². The maximum absolute atomic E-state index is 12.8. The van der Waals surface area contributed by atoms with Gasteiger partial charge in [-0.15, -0.1) is 0 Å². The predicted molar refractivity (Wildman–Crippen MR) is 270 cm³/mol. The van der Waals surface area contributed by atoms with Gasteiger partial charge in [-0.3, -0.25) is 9.59 Å². The van der Waals surface area contributed by atoms with Crippen molar-refractivity contribution in [1.29, 1.82) is 0 Å². The van der Waals surface area contributed by atoms with E-state index in [-0.39, 0.29) is 18.5 Å². The lowest BCUT2D eigenvalue weighted by atomic mass is 10.0. The van der Waals surface area contributed by atoms with E-state index in [0.717, 1.165) is 32.1 Å². The summed E-state index contributed by atoms with van der Waals surface area (Å²) in [6.07, 6.45) is 62.2. The molecule has 1 atom stereocenters. The van der Waals surface area contributed by atoms with Gasteiger partial charge in [-0.25, -0.2) is 0 Å². The molecule has 0 rings (SSSR count). The van der Waals surface area contributed by atoms with E-state index in [9.17, 15) is 9.59 Å². The summed E-state index contributed by atoms with van der Waals surface area (Å²) < 4.78 is 17.5. The summed E-state index contributed by atoms with van der Waals surface area (Å²) in [6.45, 7) is 7.90. The quantitative estimate of drug-likeness (QED) is 0.0346. The second kappa shape index (κ2) is 54.0. The summed E-state index contributed by atoms with van der Waals surface area (Å²) in [4.78, 5) is 25.5. The van der Waals surface area contributed by atoms with Crippen LogP contribution in [0.3, 0.4) is 0 Å². The standard InChI is InChI=1S/C57H110O5/c1-4-7-10-13-16-19-22-25-28-29-31-32-35-38-41-44-47-50-56(58)61-54-55(53-60-52-49-46-43-40-37-34-27-24-21-18-15-12-9-6-3)62-57(59)51-48-45-42-39-36-33-30-26-23-20-17-14-11-8-5-2/h25,28,55H,4-24,26-27,29-54H2,1-3H3/b28-25-. The van der Waals surface area contributed by atoms with E-state index >= 15 is 0 Å². The van der Waals surface area contributed by atoms with Crippen molar-refractivity contribution in [1.82, 2.24) is 0 Å². The fourth-order valence-electron chi connectivity index (χ4n) is 8.57. The van der Waals surface area contributed by atoms with Crippen molar-refractivity contribution in [2.45, 2.75) is 322 Å². The number of esters is 2. The molecule has 0 spiro atoms. The van der Waals surface area contributed by atoms with Gasteiger partial charge in [0.1, 0.15) is 6.61 Å². The number of hydrogen-bond donors (Lipinski definition) is 0.